The highest BCUT2D eigenvalue weighted by molar-refractivity contribution is 7.47. The molecule has 19 heteroatoms. The molecule has 0 aromatic heterocycles. The molecule has 0 aliphatic rings. The van der Waals surface area contributed by atoms with Gasteiger partial charge < -0.3 is 33.8 Å². The highest BCUT2D eigenvalue weighted by atomic mass is 31.2. The minimum absolute atomic E-state index is 0.0179. The van der Waals surface area contributed by atoms with E-state index in [0.717, 1.165) is 161 Å². The zero-order chi connectivity index (χ0) is 74.6. The van der Waals surface area contributed by atoms with Crippen molar-refractivity contribution in [3.63, 3.8) is 0 Å². The number of aliphatic hydroxyl groups is 1. The fourth-order valence-electron chi connectivity index (χ4n) is 10.8. The summed E-state index contributed by atoms with van der Waals surface area (Å²) in [7, 11) is -9.98. The number of rotatable bonds is 76. The molecule has 0 aliphatic carbocycles. The molecule has 590 valence electrons. The summed E-state index contributed by atoms with van der Waals surface area (Å²) >= 11 is 0. The van der Waals surface area contributed by atoms with Crippen LogP contribution in [0.4, 0.5) is 0 Å². The smallest absolute Gasteiger partial charge is 0.462 e. The Kier molecular flexibility index (Phi) is 72.3. The van der Waals surface area contributed by atoms with Gasteiger partial charge in [0, 0.05) is 25.7 Å². The second-order valence-corrected chi connectivity index (χ2v) is 29.9. The summed E-state index contributed by atoms with van der Waals surface area (Å²) in [5.41, 5.74) is 0. The number of aliphatic hydroxyl groups excluding tert-OH is 1. The molecule has 0 radical (unpaired) electrons. The van der Waals surface area contributed by atoms with Crippen LogP contribution in [0.1, 0.15) is 349 Å². The maximum Gasteiger partial charge on any atom is 0.472 e. The molecular formula is C83H146O17P2. The monoisotopic (exact) mass is 1480 g/mol. The third kappa shape index (κ3) is 74.3. The van der Waals surface area contributed by atoms with E-state index in [1.165, 1.54) is 103 Å². The van der Waals surface area contributed by atoms with Crippen LogP contribution in [0.2, 0.25) is 0 Å². The maximum atomic E-state index is 13.1. The van der Waals surface area contributed by atoms with Gasteiger partial charge in [-0.25, -0.2) is 9.13 Å². The van der Waals surface area contributed by atoms with Crippen LogP contribution in [0.25, 0.3) is 0 Å². The molecule has 0 amide bonds. The maximum absolute atomic E-state index is 13.1. The summed E-state index contributed by atoms with van der Waals surface area (Å²) in [6.45, 7) is 4.75. The summed E-state index contributed by atoms with van der Waals surface area (Å²) in [5.74, 6) is -2.25. The Hall–Kier alpha value is -4.02. The van der Waals surface area contributed by atoms with Gasteiger partial charge in [0.2, 0.25) is 0 Å². The van der Waals surface area contributed by atoms with E-state index in [9.17, 15) is 43.2 Å². The van der Waals surface area contributed by atoms with Crippen LogP contribution >= 0.6 is 15.6 Å². The van der Waals surface area contributed by atoms with Crippen molar-refractivity contribution in [3.8, 4) is 0 Å². The first kappa shape index (κ1) is 98.0. The molecule has 0 aromatic rings. The number of allylic oxidation sites excluding steroid dienone is 16. The number of carbonyl (C=O) groups excluding carboxylic acids is 4. The lowest BCUT2D eigenvalue weighted by Crippen LogP contribution is -2.30. The van der Waals surface area contributed by atoms with Gasteiger partial charge >= 0.3 is 39.5 Å². The van der Waals surface area contributed by atoms with Crippen LogP contribution in [-0.2, 0) is 65.4 Å². The van der Waals surface area contributed by atoms with Gasteiger partial charge in [0.15, 0.2) is 12.2 Å². The normalized spacial score (nSPS) is 14.4. The number of hydrogen-bond donors (Lipinski definition) is 3. The molecule has 17 nitrogen and oxygen atoms in total. The van der Waals surface area contributed by atoms with E-state index in [2.05, 4.69) is 113 Å². The highest BCUT2D eigenvalue weighted by Gasteiger charge is 2.30. The van der Waals surface area contributed by atoms with E-state index in [1.54, 1.807) is 0 Å². The second-order valence-electron chi connectivity index (χ2n) is 27.0. The standard InChI is InChI=1S/C83H146O17P2/c1-5-9-13-17-21-25-29-33-37-38-42-46-50-54-58-62-66-70-83(88)100-79(74-94-81(86)68-64-60-56-52-48-44-40-35-31-27-23-19-15-11-7-3)76-98-102(91,92)96-72-77(84)71-95-101(89,90)97-75-78(99-82(87)69-65-61-57-53-49-45-41-36-32-28-24-20-16-12-8-4)73-93-80(85)67-63-59-55-51-47-43-39-34-30-26-22-18-14-10-6-2/h21-22,25-26,28,32-35,37,39-40,42,46,54,58,77-79,84H,5-20,23-24,27,29-31,36,38,41,43-45,47-53,55-57,59-76H2,1-4H3,(H,89,90)(H,91,92)/b25-21-,26-22-,32-28-,37-33-,39-34-,40-35-,46-42-,58-54-/t77-,78-,79-/m1/s1. The molecule has 0 rings (SSSR count). The van der Waals surface area contributed by atoms with Crippen molar-refractivity contribution in [2.24, 2.45) is 0 Å². The van der Waals surface area contributed by atoms with E-state index < -0.39 is 97.5 Å². The van der Waals surface area contributed by atoms with Gasteiger partial charge in [-0.3, -0.25) is 37.3 Å². The molecule has 5 atom stereocenters. The Morgan fingerprint density at radius 3 is 0.814 bits per heavy atom. The average molecular weight is 1480 g/mol. The van der Waals surface area contributed by atoms with Gasteiger partial charge in [-0.05, 0) is 148 Å². The Balaban J connectivity index is 5.42. The van der Waals surface area contributed by atoms with Crippen molar-refractivity contribution >= 4 is 39.5 Å². The molecule has 0 heterocycles. The largest absolute Gasteiger partial charge is 0.472 e. The number of hydrogen-bond acceptors (Lipinski definition) is 15. The van der Waals surface area contributed by atoms with Crippen LogP contribution in [-0.4, -0.2) is 96.7 Å². The molecule has 0 fully saturated rings. The number of ether oxygens (including phenoxy) is 4. The molecule has 102 heavy (non-hydrogen) atoms. The van der Waals surface area contributed by atoms with Crippen LogP contribution in [0.3, 0.4) is 0 Å². The van der Waals surface area contributed by atoms with E-state index in [4.69, 9.17) is 37.0 Å². The fraction of sp³-hybridized carbons (Fsp3) is 0.759. The molecule has 0 aliphatic heterocycles. The van der Waals surface area contributed by atoms with Gasteiger partial charge in [0.25, 0.3) is 0 Å². The Morgan fingerprint density at radius 1 is 0.275 bits per heavy atom. The number of carbonyl (C=O) groups is 4. The summed E-state index contributed by atoms with van der Waals surface area (Å²) < 4.78 is 68.6. The minimum Gasteiger partial charge on any atom is -0.462 e. The quantitative estimate of drug-likeness (QED) is 0.0169. The summed E-state index contributed by atoms with van der Waals surface area (Å²) in [6.07, 6.45) is 79.6. The minimum atomic E-state index is -4.99. The van der Waals surface area contributed by atoms with Gasteiger partial charge in [-0.2, -0.15) is 0 Å². The van der Waals surface area contributed by atoms with Crippen molar-refractivity contribution in [2.75, 3.05) is 39.6 Å². The van der Waals surface area contributed by atoms with Gasteiger partial charge in [0.1, 0.15) is 19.3 Å². The predicted octanol–water partition coefficient (Wildman–Crippen LogP) is 23.6. The highest BCUT2D eigenvalue weighted by Crippen LogP contribution is 2.45. The molecule has 0 saturated heterocycles. The van der Waals surface area contributed by atoms with Crippen molar-refractivity contribution in [1.29, 1.82) is 0 Å². The lowest BCUT2D eigenvalue weighted by Gasteiger charge is -2.21. The molecule has 0 saturated carbocycles. The lowest BCUT2D eigenvalue weighted by molar-refractivity contribution is -0.161. The van der Waals surface area contributed by atoms with Crippen LogP contribution < -0.4 is 0 Å². The summed E-state index contributed by atoms with van der Waals surface area (Å²) in [5, 5.41) is 10.6. The van der Waals surface area contributed by atoms with Crippen molar-refractivity contribution < 1.29 is 80.2 Å². The van der Waals surface area contributed by atoms with Gasteiger partial charge in [-0.1, -0.05) is 273 Å². The van der Waals surface area contributed by atoms with Crippen molar-refractivity contribution in [2.45, 2.75) is 367 Å². The van der Waals surface area contributed by atoms with Crippen LogP contribution in [0, 0.1) is 0 Å². The Morgan fingerprint density at radius 2 is 0.490 bits per heavy atom. The SMILES string of the molecule is CCCCC/C=C\C/C=C\C/C=C\C/C=C\CCCC(=O)O[C@H](COC(=O)CCCCCCC/C=C\CCCCCCCC)COP(=O)(O)OC[C@H](O)COP(=O)(O)OC[C@@H](COC(=O)CCCCCCC/C=C\C/C=C\CCCCC)OC(=O)CCCCCCCCC/C=C\CCCCCC. The summed E-state index contributed by atoms with van der Waals surface area (Å²) in [4.78, 5) is 73.0. The average Bonchev–Trinajstić information content (AvgIpc) is 0.917. The van der Waals surface area contributed by atoms with Gasteiger partial charge in [0.05, 0.1) is 26.4 Å². The first-order valence-corrected chi connectivity index (χ1v) is 43.5. The topological polar surface area (TPSA) is 237 Å². The van der Waals surface area contributed by atoms with Gasteiger partial charge in [-0.15, -0.1) is 0 Å². The molecule has 0 bridgehead atoms. The van der Waals surface area contributed by atoms with E-state index in [1.807, 2.05) is 12.2 Å². The fourth-order valence-corrected chi connectivity index (χ4v) is 12.3. The Bertz CT molecular complexity index is 2310. The zero-order valence-electron chi connectivity index (χ0n) is 64.5. The van der Waals surface area contributed by atoms with Crippen LogP contribution in [0.5, 0.6) is 0 Å². The molecule has 2 unspecified atom stereocenters. The zero-order valence-corrected chi connectivity index (χ0v) is 66.3. The first-order valence-electron chi connectivity index (χ1n) is 40.5. The molecule has 0 spiro atoms. The van der Waals surface area contributed by atoms with Crippen LogP contribution in [0.15, 0.2) is 97.2 Å². The Labute approximate surface area is 620 Å². The third-order valence-electron chi connectivity index (χ3n) is 17.0. The molecule has 0 aromatic carbocycles. The summed E-state index contributed by atoms with van der Waals surface area (Å²) in [6, 6.07) is 0. The lowest BCUT2D eigenvalue weighted by atomic mass is 10.1. The van der Waals surface area contributed by atoms with E-state index in [-0.39, 0.29) is 25.7 Å². The van der Waals surface area contributed by atoms with Crippen molar-refractivity contribution in [3.05, 3.63) is 97.2 Å². The number of phosphoric ester groups is 2. The van der Waals surface area contributed by atoms with Crippen molar-refractivity contribution in [1.82, 2.24) is 0 Å². The molecular weight excluding hydrogens is 1330 g/mol. The first-order chi connectivity index (χ1) is 49.7. The number of esters is 4. The third-order valence-corrected chi connectivity index (χ3v) is 18.9. The van der Waals surface area contributed by atoms with E-state index in [0.29, 0.717) is 32.1 Å². The molecule has 3 N–H and O–H groups in total. The number of phosphoric acid groups is 2. The second kappa shape index (κ2) is 75.2. The number of unbranched alkanes of at least 4 members (excludes halogenated alkanes) is 34. The predicted molar refractivity (Wildman–Crippen MR) is 418 cm³/mol. The van der Waals surface area contributed by atoms with E-state index >= 15 is 0 Å².